The van der Waals surface area contributed by atoms with E-state index in [0.717, 1.165) is 10.9 Å². The Labute approximate surface area is 151 Å². The van der Waals surface area contributed by atoms with Crippen LogP contribution in [0.5, 0.6) is 0 Å². The van der Waals surface area contributed by atoms with Gasteiger partial charge in [-0.2, -0.15) is 0 Å². The first-order valence-corrected chi connectivity index (χ1v) is 10.3. The van der Waals surface area contributed by atoms with Crippen molar-refractivity contribution in [3.05, 3.63) is 59.7 Å². The van der Waals surface area contributed by atoms with E-state index in [4.69, 9.17) is 8.83 Å². The molecule has 0 N–H and O–H groups in total. The average Bonchev–Trinajstić information content (AvgIpc) is 3.32. The third-order valence-electron chi connectivity index (χ3n) is 4.85. The quantitative estimate of drug-likeness (QED) is 0.702. The van der Waals surface area contributed by atoms with E-state index in [9.17, 15) is 13.2 Å². The Hall–Kier alpha value is -2.54. The van der Waals surface area contributed by atoms with Crippen molar-refractivity contribution >= 4 is 26.7 Å². The predicted molar refractivity (Wildman–Crippen MR) is 96.6 cm³/mol. The number of amides is 1. The molecule has 1 aliphatic heterocycles. The van der Waals surface area contributed by atoms with Crippen LogP contribution in [0.25, 0.3) is 11.0 Å². The normalized spacial score (nSPS) is 19.0. The summed E-state index contributed by atoms with van der Waals surface area (Å²) in [7, 11) is -3.12. The molecule has 1 amide bonds. The van der Waals surface area contributed by atoms with Gasteiger partial charge in [-0.1, -0.05) is 18.2 Å². The van der Waals surface area contributed by atoms with Gasteiger partial charge in [0.15, 0.2) is 15.6 Å². The number of benzene rings is 1. The Kier molecular flexibility index (Phi) is 4.11. The maximum Gasteiger partial charge on any atom is 0.290 e. The second-order valence-corrected chi connectivity index (χ2v) is 8.85. The molecule has 7 heteroatoms. The highest BCUT2D eigenvalue weighted by atomic mass is 32.2. The van der Waals surface area contributed by atoms with E-state index in [1.807, 2.05) is 31.2 Å². The molecule has 0 saturated carbocycles. The monoisotopic (exact) mass is 373 g/mol. The molecule has 1 unspecified atom stereocenters. The van der Waals surface area contributed by atoms with E-state index >= 15 is 0 Å². The molecule has 0 radical (unpaired) electrons. The van der Waals surface area contributed by atoms with Crippen LogP contribution in [0.4, 0.5) is 0 Å². The third-order valence-corrected chi connectivity index (χ3v) is 6.60. The van der Waals surface area contributed by atoms with Crippen molar-refractivity contribution in [2.24, 2.45) is 0 Å². The first-order valence-electron chi connectivity index (χ1n) is 8.46. The van der Waals surface area contributed by atoms with Gasteiger partial charge in [0.1, 0.15) is 11.3 Å². The lowest BCUT2D eigenvalue weighted by Crippen LogP contribution is -2.40. The smallest absolute Gasteiger partial charge is 0.290 e. The van der Waals surface area contributed by atoms with E-state index in [1.165, 1.54) is 6.26 Å². The van der Waals surface area contributed by atoms with Crippen LogP contribution in [-0.4, -0.2) is 36.8 Å². The van der Waals surface area contributed by atoms with Gasteiger partial charge in [0.2, 0.25) is 0 Å². The molecule has 1 aromatic carbocycles. The number of carbonyl (C=O) groups is 1. The molecule has 4 rings (SSSR count). The highest BCUT2D eigenvalue weighted by Crippen LogP contribution is 2.29. The lowest BCUT2D eigenvalue weighted by molar-refractivity contribution is 0.0634. The van der Waals surface area contributed by atoms with Gasteiger partial charge < -0.3 is 13.7 Å². The lowest BCUT2D eigenvalue weighted by Gasteiger charge is -2.26. The maximum absolute atomic E-state index is 13.3. The lowest BCUT2D eigenvalue weighted by atomic mass is 10.1. The topological polar surface area (TPSA) is 80.7 Å². The molecule has 1 atom stereocenters. The van der Waals surface area contributed by atoms with Crippen molar-refractivity contribution in [1.29, 1.82) is 0 Å². The molecule has 136 valence electrons. The van der Waals surface area contributed by atoms with Crippen LogP contribution in [0.3, 0.4) is 0 Å². The predicted octanol–water partition coefficient (Wildman–Crippen LogP) is 3.16. The fourth-order valence-electron chi connectivity index (χ4n) is 3.47. The van der Waals surface area contributed by atoms with Gasteiger partial charge in [0.05, 0.1) is 24.3 Å². The van der Waals surface area contributed by atoms with Gasteiger partial charge in [-0.15, -0.1) is 0 Å². The molecule has 3 aromatic rings. The number of sulfone groups is 1. The van der Waals surface area contributed by atoms with Crippen molar-refractivity contribution < 1.29 is 22.0 Å². The zero-order chi connectivity index (χ0) is 18.3. The fraction of sp³-hybridized carbons (Fsp3) is 0.316. The number of hydrogen-bond donors (Lipinski definition) is 0. The summed E-state index contributed by atoms with van der Waals surface area (Å²) < 4.78 is 35.0. The number of carbonyl (C=O) groups excluding carboxylic acids is 1. The maximum atomic E-state index is 13.3. The summed E-state index contributed by atoms with van der Waals surface area (Å²) in [6.45, 7) is 2.05. The second-order valence-electron chi connectivity index (χ2n) is 6.62. The molecule has 0 spiro atoms. The van der Waals surface area contributed by atoms with E-state index in [0.29, 0.717) is 17.8 Å². The van der Waals surface area contributed by atoms with Crippen molar-refractivity contribution in [1.82, 2.24) is 4.90 Å². The van der Waals surface area contributed by atoms with E-state index in [2.05, 4.69) is 0 Å². The fourth-order valence-corrected chi connectivity index (χ4v) is 5.20. The summed E-state index contributed by atoms with van der Waals surface area (Å²) >= 11 is 0. The Bertz CT molecular complexity index is 1050. The molecule has 0 aliphatic carbocycles. The molecular weight excluding hydrogens is 354 g/mol. The van der Waals surface area contributed by atoms with Crippen LogP contribution in [0, 0.1) is 6.92 Å². The molecule has 1 saturated heterocycles. The highest BCUT2D eigenvalue weighted by Gasteiger charge is 2.37. The Morgan fingerprint density at radius 1 is 1.23 bits per heavy atom. The molecule has 1 aliphatic rings. The van der Waals surface area contributed by atoms with E-state index in [1.54, 1.807) is 17.0 Å². The zero-order valence-corrected chi connectivity index (χ0v) is 15.2. The van der Waals surface area contributed by atoms with Gasteiger partial charge >= 0.3 is 0 Å². The largest absolute Gasteiger partial charge is 0.467 e. The van der Waals surface area contributed by atoms with Gasteiger partial charge in [-0.05, 0) is 31.5 Å². The summed E-state index contributed by atoms with van der Waals surface area (Å²) in [5, 5.41) is 0.882. The molecule has 2 aromatic heterocycles. The third kappa shape index (κ3) is 3.03. The standard InChI is InChI=1S/C19H19NO5S/c1-13-16-6-2-3-7-17(16)25-18(13)19(21)20(11-15-5-4-9-24-15)14-8-10-26(22,23)12-14/h2-7,9,14H,8,10-12H2,1H3. The van der Waals surface area contributed by atoms with Gasteiger partial charge in [-0.25, -0.2) is 8.42 Å². The van der Waals surface area contributed by atoms with E-state index < -0.39 is 9.84 Å². The highest BCUT2D eigenvalue weighted by molar-refractivity contribution is 7.91. The van der Waals surface area contributed by atoms with E-state index in [-0.39, 0.29) is 35.8 Å². The number of furan rings is 2. The molecular formula is C19H19NO5S. The van der Waals surface area contributed by atoms with Crippen molar-refractivity contribution in [2.45, 2.75) is 25.9 Å². The Morgan fingerprint density at radius 2 is 2.04 bits per heavy atom. The molecule has 26 heavy (non-hydrogen) atoms. The first-order chi connectivity index (χ1) is 12.4. The number of rotatable bonds is 4. The van der Waals surface area contributed by atoms with Gasteiger partial charge in [0, 0.05) is 17.0 Å². The van der Waals surface area contributed by atoms with Crippen LogP contribution >= 0.6 is 0 Å². The zero-order valence-electron chi connectivity index (χ0n) is 14.3. The minimum atomic E-state index is -3.12. The number of fused-ring (bicyclic) bond motifs is 1. The van der Waals surface area contributed by atoms with Crippen LogP contribution in [-0.2, 0) is 16.4 Å². The van der Waals surface area contributed by atoms with Crippen LogP contribution in [0.2, 0.25) is 0 Å². The van der Waals surface area contributed by atoms with Crippen molar-refractivity contribution in [2.75, 3.05) is 11.5 Å². The SMILES string of the molecule is Cc1c(C(=O)N(Cc2ccco2)C2CCS(=O)(=O)C2)oc2ccccc12. The molecule has 1 fully saturated rings. The summed E-state index contributed by atoms with van der Waals surface area (Å²) in [5.41, 5.74) is 1.40. The summed E-state index contributed by atoms with van der Waals surface area (Å²) in [6.07, 6.45) is 1.96. The number of aryl methyl sites for hydroxylation is 1. The summed E-state index contributed by atoms with van der Waals surface area (Å²) in [4.78, 5) is 14.8. The van der Waals surface area contributed by atoms with Gasteiger partial charge in [0.25, 0.3) is 5.91 Å². The number of hydrogen-bond acceptors (Lipinski definition) is 5. The molecule has 0 bridgehead atoms. The average molecular weight is 373 g/mol. The number of para-hydroxylation sites is 1. The molecule has 6 nitrogen and oxygen atoms in total. The second kappa shape index (κ2) is 6.32. The summed E-state index contributed by atoms with van der Waals surface area (Å²) in [6, 6.07) is 10.6. The van der Waals surface area contributed by atoms with Crippen molar-refractivity contribution in [3.63, 3.8) is 0 Å². The molecule has 3 heterocycles. The first kappa shape index (κ1) is 16.9. The minimum absolute atomic E-state index is 0.0290. The van der Waals surface area contributed by atoms with Crippen LogP contribution in [0.15, 0.2) is 51.5 Å². The minimum Gasteiger partial charge on any atom is -0.467 e. The Morgan fingerprint density at radius 3 is 2.69 bits per heavy atom. The van der Waals surface area contributed by atoms with Gasteiger partial charge in [-0.3, -0.25) is 4.79 Å². The summed E-state index contributed by atoms with van der Waals surface area (Å²) in [5.74, 6) is 0.618. The van der Waals surface area contributed by atoms with Crippen LogP contribution in [0.1, 0.15) is 28.3 Å². The van der Waals surface area contributed by atoms with Crippen molar-refractivity contribution in [3.8, 4) is 0 Å². The number of nitrogens with zero attached hydrogens (tertiary/aromatic N) is 1. The Balaban J connectivity index is 1.72. The van der Waals surface area contributed by atoms with Crippen LogP contribution < -0.4 is 0 Å².